The summed E-state index contributed by atoms with van der Waals surface area (Å²) in [6.45, 7) is 2.42. The standard InChI is InChI=1S/C17H19BrClN3O2/c1-11(17(23)21-16-7-5-14(19)9-20-16)22(2)10-12-8-13(18)4-6-15(12)24-3/h4-9,11H,10H2,1-3H3,(H,20,21,23)/t11-/m1/s1. The highest BCUT2D eigenvalue weighted by molar-refractivity contribution is 9.10. The Balaban J connectivity index is 2.03. The number of likely N-dealkylation sites (N-methyl/N-ethyl adjacent to an activating group) is 1. The van der Waals surface area contributed by atoms with E-state index in [2.05, 4.69) is 26.2 Å². The summed E-state index contributed by atoms with van der Waals surface area (Å²) in [6.07, 6.45) is 1.50. The predicted molar refractivity (Wildman–Crippen MR) is 99.5 cm³/mol. The molecule has 1 aromatic heterocycles. The molecule has 0 bridgehead atoms. The first kappa shape index (κ1) is 18.7. The molecule has 1 heterocycles. The van der Waals surface area contributed by atoms with E-state index in [9.17, 15) is 4.79 Å². The van der Waals surface area contributed by atoms with Gasteiger partial charge in [0.2, 0.25) is 5.91 Å². The van der Waals surface area contributed by atoms with Gasteiger partial charge in [0.05, 0.1) is 18.2 Å². The van der Waals surface area contributed by atoms with Gasteiger partial charge in [0.1, 0.15) is 11.6 Å². The molecule has 0 aliphatic rings. The van der Waals surface area contributed by atoms with E-state index >= 15 is 0 Å². The third kappa shape index (κ3) is 4.93. The number of carbonyl (C=O) groups is 1. The minimum Gasteiger partial charge on any atom is -0.496 e. The number of methoxy groups -OCH3 is 1. The molecule has 24 heavy (non-hydrogen) atoms. The van der Waals surface area contributed by atoms with Crippen molar-refractivity contribution in [2.45, 2.75) is 19.5 Å². The Morgan fingerprint density at radius 3 is 2.79 bits per heavy atom. The van der Waals surface area contributed by atoms with Crippen molar-refractivity contribution in [2.24, 2.45) is 0 Å². The lowest BCUT2D eigenvalue weighted by atomic mass is 10.1. The molecular formula is C17H19BrClN3O2. The Kier molecular flexibility index (Phi) is 6.60. The van der Waals surface area contributed by atoms with Crippen molar-refractivity contribution >= 4 is 39.3 Å². The number of nitrogens with zero attached hydrogens (tertiary/aromatic N) is 2. The van der Waals surface area contributed by atoms with Gasteiger partial charge >= 0.3 is 0 Å². The van der Waals surface area contributed by atoms with Crippen molar-refractivity contribution in [3.63, 3.8) is 0 Å². The van der Waals surface area contributed by atoms with E-state index < -0.39 is 0 Å². The smallest absolute Gasteiger partial charge is 0.242 e. The monoisotopic (exact) mass is 411 g/mol. The molecule has 5 nitrogen and oxygen atoms in total. The number of carbonyl (C=O) groups excluding carboxylic acids is 1. The van der Waals surface area contributed by atoms with Crippen molar-refractivity contribution in [3.8, 4) is 5.75 Å². The Morgan fingerprint density at radius 2 is 2.17 bits per heavy atom. The Labute approximate surface area is 155 Å². The third-order valence-electron chi connectivity index (χ3n) is 3.68. The van der Waals surface area contributed by atoms with Crippen LogP contribution in [0.2, 0.25) is 5.02 Å². The number of nitrogens with one attached hydrogen (secondary N) is 1. The molecule has 7 heteroatoms. The summed E-state index contributed by atoms with van der Waals surface area (Å²) in [5, 5.41) is 3.31. The normalized spacial score (nSPS) is 12.1. The summed E-state index contributed by atoms with van der Waals surface area (Å²) in [4.78, 5) is 18.4. The van der Waals surface area contributed by atoms with Crippen molar-refractivity contribution in [2.75, 3.05) is 19.5 Å². The summed E-state index contributed by atoms with van der Waals surface area (Å²) in [5.41, 5.74) is 0.999. The number of pyridine rings is 1. The first-order valence-corrected chi connectivity index (χ1v) is 8.53. The molecule has 1 amide bonds. The highest BCUT2D eigenvalue weighted by atomic mass is 79.9. The average molecular weight is 413 g/mol. The highest BCUT2D eigenvalue weighted by Crippen LogP contribution is 2.24. The van der Waals surface area contributed by atoms with Crippen LogP contribution in [0.3, 0.4) is 0 Å². The van der Waals surface area contributed by atoms with Crippen molar-refractivity contribution in [1.29, 1.82) is 0 Å². The van der Waals surface area contributed by atoms with Gasteiger partial charge in [0.15, 0.2) is 0 Å². The van der Waals surface area contributed by atoms with Crippen LogP contribution < -0.4 is 10.1 Å². The Hall–Kier alpha value is -1.63. The number of aromatic nitrogens is 1. The summed E-state index contributed by atoms with van der Waals surface area (Å²) >= 11 is 9.25. The van der Waals surface area contributed by atoms with Gasteiger partial charge in [0, 0.05) is 22.8 Å². The van der Waals surface area contributed by atoms with Crippen LogP contribution >= 0.6 is 27.5 Å². The third-order valence-corrected chi connectivity index (χ3v) is 4.40. The van der Waals surface area contributed by atoms with Crippen LogP contribution in [0.4, 0.5) is 5.82 Å². The summed E-state index contributed by atoms with van der Waals surface area (Å²) in [6, 6.07) is 8.82. The van der Waals surface area contributed by atoms with Crippen molar-refractivity contribution in [1.82, 2.24) is 9.88 Å². The summed E-state index contributed by atoms with van der Waals surface area (Å²) in [5.74, 6) is 1.13. The van der Waals surface area contributed by atoms with Crippen LogP contribution in [0.25, 0.3) is 0 Å². The molecule has 1 atom stereocenters. The van der Waals surface area contributed by atoms with E-state index in [1.54, 1.807) is 19.2 Å². The Bertz CT molecular complexity index is 709. The lowest BCUT2D eigenvalue weighted by molar-refractivity contribution is -0.120. The van der Waals surface area contributed by atoms with E-state index in [0.29, 0.717) is 17.4 Å². The largest absolute Gasteiger partial charge is 0.496 e. The quantitative estimate of drug-likeness (QED) is 0.780. The second-order valence-electron chi connectivity index (χ2n) is 5.40. The minimum absolute atomic E-state index is 0.138. The van der Waals surface area contributed by atoms with Crippen LogP contribution in [-0.4, -0.2) is 36.0 Å². The number of benzene rings is 1. The van der Waals surface area contributed by atoms with Crippen LogP contribution in [0.1, 0.15) is 12.5 Å². The van der Waals surface area contributed by atoms with Gasteiger partial charge in [-0.1, -0.05) is 27.5 Å². The Morgan fingerprint density at radius 1 is 1.42 bits per heavy atom. The van der Waals surface area contributed by atoms with Gasteiger partial charge in [-0.3, -0.25) is 9.69 Å². The van der Waals surface area contributed by atoms with Gasteiger partial charge in [-0.2, -0.15) is 0 Å². The second-order valence-corrected chi connectivity index (χ2v) is 6.75. The maximum absolute atomic E-state index is 12.4. The molecule has 0 aliphatic heterocycles. The molecule has 128 valence electrons. The van der Waals surface area contributed by atoms with Crippen molar-refractivity contribution < 1.29 is 9.53 Å². The zero-order chi connectivity index (χ0) is 17.7. The zero-order valence-corrected chi connectivity index (χ0v) is 16.1. The molecule has 1 N–H and O–H groups in total. The van der Waals surface area contributed by atoms with E-state index in [4.69, 9.17) is 16.3 Å². The first-order valence-electron chi connectivity index (χ1n) is 7.35. The van der Waals surface area contributed by atoms with Gasteiger partial charge in [-0.05, 0) is 44.3 Å². The fraction of sp³-hybridized carbons (Fsp3) is 0.294. The fourth-order valence-corrected chi connectivity index (χ4v) is 2.68. The van der Waals surface area contributed by atoms with Crippen LogP contribution in [0.5, 0.6) is 5.75 Å². The summed E-state index contributed by atoms with van der Waals surface area (Å²) in [7, 11) is 3.52. The number of halogens is 2. The average Bonchev–Trinajstić information content (AvgIpc) is 2.56. The molecule has 0 fully saturated rings. The molecule has 2 rings (SSSR count). The molecule has 0 saturated carbocycles. The lowest BCUT2D eigenvalue weighted by Crippen LogP contribution is -2.39. The van der Waals surface area contributed by atoms with Crippen LogP contribution in [-0.2, 0) is 11.3 Å². The van der Waals surface area contributed by atoms with E-state index in [-0.39, 0.29) is 11.9 Å². The number of amides is 1. The topological polar surface area (TPSA) is 54.5 Å². The lowest BCUT2D eigenvalue weighted by Gasteiger charge is -2.24. The van der Waals surface area contributed by atoms with Crippen molar-refractivity contribution in [3.05, 3.63) is 51.6 Å². The first-order chi connectivity index (χ1) is 11.4. The van der Waals surface area contributed by atoms with E-state index in [0.717, 1.165) is 15.8 Å². The molecule has 0 radical (unpaired) electrons. The van der Waals surface area contributed by atoms with Crippen LogP contribution in [0, 0.1) is 0 Å². The number of rotatable bonds is 6. The predicted octanol–water partition coefficient (Wildman–Crippen LogP) is 3.97. The highest BCUT2D eigenvalue weighted by Gasteiger charge is 2.20. The van der Waals surface area contributed by atoms with Crippen LogP contribution in [0.15, 0.2) is 41.0 Å². The second kappa shape index (κ2) is 8.46. The number of anilines is 1. The maximum Gasteiger partial charge on any atom is 0.242 e. The number of ether oxygens (including phenoxy) is 1. The zero-order valence-electron chi connectivity index (χ0n) is 13.7. The maximum atomic E-state index is 12.4. The summed E-state index contributed by atoms with van der Waals surface area (Å²) < 4.78 is 6.34. The van der Waals surface area contributed by atoms with Gasteiger partial charge < -0.3 is 10.1 Å². The molecule has 1 aromatic carbocycles. The molecule has 0 aliphatic carbocycles. The molecule has 0 unspecified atom stereocenters. The van der Waals surface area contributed by atoms with Gasteiger partial charge in [-0.25, -0.2) is 4.98 Å². The molecule has 2 aromatic rings. The number of hydrogen-bond acceptors (Lipinski definition) is 4. The van der Waals surface area contributed by atoms with Gasteiger partial charge in [-0.15, -0.1) is 0 Å². The van der Waals surface area contributed by atoms with E-state index in [1.165, 1.54) is 6.20 Å². The molecule has 0 saturated heterocycles. The number of hydrogen-bond donors (Lipinski definition) is 1. The minimum atomic E-state index is -0.342. The van der Waals surface area contributed by atoms with Gasteiger partial charge in [0.25, 0.3) is 0 Å². The van der Waals surface area contributed by atoms with E-state index in [1.807, 2.05) is 37.1 Å². The molecular weight excluding hydrogens is 394 g/mol. The SMILES string of the molecule is COc1ccc(Br)cc1CN(C)[C@H](C)C(=O)Nc1ccc(Cl)cn1. The molecule has 0 spiro atoms. The fourth-order valence-electron chi connectivity index (χ4n) is 2.16.